The van der Waals surface area contributed by atoms with Crippen LogP contribution in [0.4, 0.5) is 8.78 Å². The summed E-state index contributed by atoms with van der Waals surface area (Å²) in [6, 6.07) is 7.80. The Bertz CT molecular complexity index is 1100. The summed E-state index contributed by atoms with van der Waals surface area (Å²) in [5.74, 6) is -2.62. The lowest BCUT2D eigenvalue weighted by Crippen LogP contribution is -2.16. The lowest BCUT2D eigenvalue weighted by molar-refractivity contribution is 0.519. The van der Waals surface area contributed by atoms with E-state index in [4.69, 9.17) is 17.4 Å². The summed E-state index contributed by atoms with van der Waals surface area (Å²) in [5, 5.41) is 4.85. The molecule has 0 fully saturated rings. The summed E-state index contributed by atoms with van der Waals surface area (Å²) in [4.78, 5) is -0.559. The van der Waals surface area contributed by atoms with E-state index in [1.165, 1.54) is 0 Å². The molecule has 0 bridgehead atoms. The fraction of sp³-hybridized carbons (Fsp3) is 0.105. The number of halogens is 3. The summed E-state index contributed by atoms with van der Waals surface area (Å²) < 4.78 is 51.8. The van der Waals surface area contributed by atoms with Crippen LogP contribution < -0.4 is 5.14 Å². The van der Waals surface area contributed by atoms with Gasteiger partial charge in [0, 0.05) is 15.3 Å². The lowest BCUT2D eigenvalue weighted by atomic mass is 9.87. The topological polar surface area (TPSA) is 60.2 Å². The Morgan fingerprint density at radius 3 is 2.30 bits per heavy atom. The van der Waals surface area contributed by atoms with Gasteiger partial charge in [0.25, 0.3) is 0 Å². The van der Waals surface area contributed by atoms with Gasteiger partial charge >= 0.3 is 0 Å². The van der Waals surface area contributed by atoms with Crippen LogP contribution in [0.25, 0.3) is 5.57 Å². The highest BCUT2D eigenvalue weighted by molar-refractivity contribution is 9.10. The van der Waals surface area contributed by atoms with Crippen molar-refractivity contribution in [1.82, 2.24) is 0 Å². The molecule has 0 spiro atoms. The van der Waals surface area contributed by atoms with Crippen molar-refractivity contribution in [2.45, 2.75) is 17.7 Å². The van der Waals surface area contributed by atoms with E-state index < -0.39 is 26.6 Å². The Morgan fingerprint density at radius 2 is 1.78 bits per heavy atom. The van der Waals surface area contributed by atoms with Gasteiger partial charge in [-0.2, -0.15) is 0 Å². The van der Waals surface area contributed by atoms with Gasteiger partial charge in [0.15, 0.2) is 4.90 Å². The van der Waals surface area contributed by atoms with Crippen LogP contribution in [-0.2, 0) is 10.0 Å². The summed E-state index contributed by atoms with van der Waals surface area (Å²) in [7, 11) is -4.49. The van der Waals surface area contributed by atoms with E-state index in [9.17, 15) is 17.2 Å². The van der Waals surface area contributed by atoms with E-state index in [0.717, 1.165) is 27.7 Å². The smallest absolute Gasteiger partial charge is 0.224 e. The molecule has 0 aromatic heterocycles. The zero-order valence-corrected chi connectivity index (χ0v) is 17.3. The highest BCUT2D eigenvalue weighted by Gasteiger charge is 2.23. The fourth-order valence-electron chi connectivity index (χ4n) is 2.84. The maximum absolute atomic E-state index is 14.1. The predicted molar refractivity (Wildman–Crippen MR) is 109 cm³/mol. The average Bonchev–Trinajstić information content (AvgIpc) is 2.55. The summed E-state index contributed by atoms with van der Waals surface area (Å²) in [5.41, 5.74) is 2.76. The molecule has 0 radical (unpaired) electrons. The average molecular weight is 470 g/mol. The van der Waals surface area contributed by atoms with Crippen molar-refractivity contribution in [1.29, 1.82) is 0 Å². The summed E-state index contributed by atoms with van der Waals surface area (Å²) in [6.07, 6.45) is 5.20. The number of thiocarbonyl (C=S) groups is 1. The second-order valence-electron chi connectivity index (χ2n) is 6.16. The van der Waals surface area contributed by atoms with Crippen LogP contribution >= 0.6 is 28.1 Å². The number of hydrogen-bond acceptors (Lipinski definition) is 3. The Balaban J connectivity index is 1.96. The highest BCUT2D eigenvalue weighted by Crippen LogP contribution is 2.32. The highest BCUT2D eigenvalue weighted by atomic mass is 79.9. The van der Waals surface area contributed by atoms with E-state index in [-0.39, 0.29) is 11.5 Å². The monoisotopic (exact) mass is 469 g/mol. The second kappa shape index (κ2) is 7.35. The Morgan fingerprint density at radius 1 is 1.15 bits per heavy atom. The molecule has 0 aliphatic heterocycles. The van der Waals surface area contributed by atoms with Crippen LogP contribution in [0.5, 0.6) is 0 Å². The third-order valence-electron chi connectivity index (χ3n) is 4.24. The Hall–Kier alpha value is -1.74. The van der Waals surface area contributed by atoms with Gasteiger partial charge in [-0.05, 0) is 53.5 Å². The molecule has 1 aliphatic rings. The van der Waals surface area contributed by atoms with E-state index in [2.05, 4.69) is 15.9 Å². The number of nitrogens with two attached hydrogens (primary N) is 1. The van der Waals surface area contributed by atoms with Crippen molar-refractivity contribution >= 4 is 48.6 Å². The SMILES string of the molecule is Cc1ccc(C2C=CC(c3cc(F)c(S(N)(=O)=O)c(F)c3)=CC2=S)cc1Br. The van der Waals surface area contributed by atoms with Gasteiger partial charge in [-0.25, -0.2) is 22.3 Å². The molecular weight excluding hydrogens is 456 g/mol. The van der Waals surface area contributed by atoms with Crippen LogP contribution in [0.1, 0.15) is 22.6 Å². The third-order valence-corrected chi connectivity index (χ3v) is 6.43. The quantitative estimate of drug-likeness (QED) is 0.657. The molecule has 3 nitrogen and oxygen atoms in total. The Labute approximate surface area is 169 Å². The largest absolute Gasteiger partial charge is 0.243 e. The lowest BCUT2D eigenvalue weighted by Gasteiger charge is -2.19. The van der Waals surface area contributed by atoms with Gasteiger partial charge in [-0.1, -0.05) is 52.4 Å². The third kappa shape index (κ3) is 4.08. The maximum atomic E-state index is 14.1. The minimum Gasteiger partial charge on any atom is -0.224 e. The van der Waals surface area contributed by atoms with Crippen LogP contribution in [0.3, 0.4) is 0 Å². The first kappa shape index (κ1) is 20.0. The van der Waals surface area contributed by atoms with Gasteiger partial charge in [0.05, 0.1) is 0 Å². The molecule has 2 N–H and O–H groups in total. The number of aryl methyl sites for hydroxylation is 1. The first-order valence-corrected chi connectivity index (χ1v) is 10.5. The molecule has 27 heavy (non-hydrogen) atoms. The van der Waals surface area contributed by atoms with E-state index in [1.807, 2.05) is 31.2 Å². The fourth-order valence-corrected chi connectivity index (χ4v) is 4.24. The summed E-state index contributed by atoms with van der Waals surface area (Å²) in [6.45, 7) is 1.98. The van der Waals surface area contributed by atoms with Gasteiger partial charge in [0.1, 0.15) is 11.6 Å². The maximum Gasteiger partial charge on any atom is 0.243 e. The number of hydrogen-bond donors (Lipinski definition) is 1. The number of rotatable bonds is 3. The molecule has 3 rings (SSSR count). The van der Waals surface area contributed by atoms with Crippen molar-refractivity contribution in [2.24, 2.45) is 5.14 Å². The second-order valence-corrected chi connectivity index (χ2v) is 8.99. The van der Waals surface area contributed by atoms with Gasteiger partial charge in [-0.15, -0.1) is 0 Å². The van der Waals surface area contributed by atoms with E-state index >= 15 is 0 Å². The number of sulfonamides is 1. The van der Waals surface area contributed by atoms with Crippen molar-refractivity contribution < 1.29 is 17.2 Å². The predicted octanol–water partition coefficient (Wildman–Crippen LogP) is 4.79. The molecular formula is C19H14BrF2NO2S2. The van der Waals surface area contributed by atoms with E-state index in [0.29, 0.717) is 10.4 Å². The van der Waals surface area contributed by atoms with Gasteiger partial charge in [0.2, 0.25) is 10.0 Å². The number of benzene rings is 2. The van der Waals surface area contributed by atoms with Crippen molar-refractivity contribution in [3.63, 3.8) is 0 Å². The molecule has 140 valence electrons. The zero-order chi connectivity index (χ0) is 19.9. The zero-order valence-electron chi connectivity index (χ0n) is 14.0. The van der Waals surface area contributed by atoms with Gasteiger partial charge < -0.3 is 0 Å². The van der Waals surface area contributed by atoms with Crippen molar-refractivity contribution in [3.05, 3.63) is 81.4 Å². The molecule has 1 aliphatic carbocycles. The van der Waals surface area contributed by atoms with Crippen LogP contribution in [0.15, 0.2) is 57.9 Å². The Kier molecular flexibility index (Phi) is 5.45. The molecule has 0 saturated carbocycles. The molecule has 2 aromatic carbocycles. The minimum atomic E-state index is -4.49. The first-order valence-electron chi connectivity index (χ1n) is 7.80. The molecule has 0 saturated heterocycles. The molecule has 2 aromatic rings. The van der Waals surface area contributed by atoms with Crippen molar-refractivity contribution in [3.8, 4) is 0 Å². The molecule has 8 heteroatoms. The first-order chi connectivity index (χ1) is 12.6. The standard InChI is InChI=1S/C19H14BrF2NO2S2/c1-10-2-3-12(6-15(10)20)14-5-4-11(9-18(14)26)13-7-16(21)19(17(22)8-13)27(23,24)25/h2-9,14H,1H3,(H2,23,24,25). The number of primary sulfonamides is 1. The van der Waals surface area contributed by atoms with Crippen molar-refractivity contribution in [2.75, 3.05) is 0 Å². The molecule has 0 heterocycles. The molecule has 0 amide bonds. The minimum absolute atomic E-state index is 0.140. The van der Waals surface area contributed by atoms with Crippen LogP contribution in [0, 0.1) is 18.6 Å². The number of allylic oxidation sites excluding steroid dienone is 4. The normalized spacial score (nSPS) is 17.1. The summed E-state index contributed by atoms with van der Waals surface area (Å²) >= 11 is 8.96. The molecule has 1 unspecified atom stereocenters. The molecule has 1 atom stereocenters. The van der Waals surface area contributed by atoms with Crippen LogP contribution in [0.2, 0.25) is 0 Å². The van der Waals surface area contributed by atoms with Crippen LogP contribution in [-0.4, -0.2) is 13.3 Å². The van der Waals surface area contributed by atoms with Gasteiger partial charge in [-0.3, -0.25) is 0 Å². The van der Waals surface area contributed by atoms with E-state index in [1.54, 1.807) is 12.2 Å².